The summed E-state index contributed by atoms with van der Waals surface area (Å²) >= 11 is 0. The maximum absolute atomic E-state index is 11.5. The lowest BCUT2D eigenvalue weighted by molar-refractivity contribution is -0.140. The number of ether oxygens (including phenoxy) is 2. The van der Waals surface area contributed by atoms with Crippen LogP contribution in [0.15, 0.2) is 79.4 Å². The number of aromatic hydroxyl groups is 2. The highest BCUT2D eigenvalue weighted by atomic mass is 16.5. The molecule has 43 heavy (non-hydrogen) atoms. The van der Waals surface area contributed by atoms with E-state index >= 15 is 0 Å². The zero-order valence-electron chi connectivity index (χ0n) is 23.5. The Morgan fingerprint density at radius 3 is 1.35 bits per heavy atom. The van der Waals surface area contributed by atoms with Gasteiger partial charge in [-0.3, -0.25) is 0 Å². The van der Waals surface area contributed by atoms with Crippen LogP contribution in [0.4, 0.5) is 0 Å². The number of phenols is 2. The average Bonchev–Trinajstić information content (AvgIpc) is 2.96. The van der Waals surface area contributed by atoms with Crippen LogP contribution in [-0.4, -0.2) is 45.6 Å². The molecule has 5 rings (SSSR count). The van der Waals surface area contributed by atoms with E-state index in [9.17, 15) is 30.0 Å². The van der Waals surface area contributed by atoms with Gasteiger partial charge in [-0.25, -0.2) is 9.59 Å². The molecule has 0 unspecified atom stereocenters. The molecule has 0 amide bonds. The van der Waals surface area contributed by atoms with Gasteiger partial charge >= 0.3 is 11.9 Å². The standard InChI is InChI=1S/C35H32O8/c1-2-6-21-13-28-17-24-9-3-7-22(32(24)40)15-26-11-5-12-27(34(26)42-19-30(36)37)16-23-8-4-10-25(33(23)41)18-29(14-21)35(28)43-20-31(38)39/h2-5,7-14,40-41H,1,6,15-20H2,(H,36,37)(H,38,39). The summed E-state index contributed by atoms with van der Waals surface area (Å²) in [7, 11) is 0. The van der Waals surface area contributed by atoms with Crippen LogP contribution in [0.2, 0.25) is 0 Å². The lowest BCUT2D eigenvalue weighted by Gasteiger charge is -2.20. The number of carboxylic acid groups (broad SMARTS) is 2. The van der Waals surface area contributed by atoms with Gasteiger partial charge in [0, 0.05) is 25.7 Å². The van der Waals surface area contributed by atoms with Crippen molar-refractivity contribution in [3.8, 4) is 23.0 Å². The molecule has 220 valence electrons. The Hall–Kier alpha value is -5.24. The molecule has 1 aliphatic rings. The number of phenolic OH excluding ortho intramolecular Hbond substituents is 2. The molecule has 1 aliphatic carbocycles. The second kappa shape index (κ2) is 12.7. The largest absolute Gasteiger partial charge is 0.507 e. The van der Waals surface area contributed by atoms with E-state index in [4.69, 9.17) is 9.47 Å². The minimum absolute atomic E-state index is 0.0758. The van der Waals surface area contributed by atoms with E-state index in [0.717, 1.165) is 5.56 Å². The number of fused-ring (bicyclic) bond motifs is 8. The molecule has 4 aromatic carbocycles. The summed E-state index contributed by atoms with van der Waals surface area (Å²) in [5.74, 6) is -1.29. The van der Waals surface area contributed by atoms with Crippen LogP contribution in [0.1, 0.15) is 50.1 Å². The number of hydrogen-bond acceptors (Lipinski definition) is 6. The van der Waals surface area contributed by atoms with E-state index in [1.54, 1.807) is 30.3 Å². The smallest absolute Gasteiger partial charge is 0.341 e. The van der Waals surface area contributed by atoms with Gasteiger partial charge in [0.15, 0.2) is 13.2 Å². The molecular weight excluding hydrogens is 548 g/mol. The molecule has 8 bridgehead atoms. The predicted molar refractivity (Wildman–Crippen MR) is 160 cm³/mol. The van der Waals surface area contributed by atoms with Crippen molar-refractivity contribution in [1.29, 1.82) is 0 Å². The van der Waals surface area contributed by atoms with Crippen molar-refractivity contribution in [1.82, 2.24) is 0 Å². The number of benzene rings is 4. The van der Waals surface area contributed by atoms with Crippen molar-refractivity contribution in [3.63, 3.8) is 0 Å². The van der Waals surface area contributed by atoms with Crippen molar-refractivity contribution in [2.45, 2.75) is 32.1 Å². The van der Waals surface area contributed by atoms with Crippen molar-refractivity contribution in [2.75, 3.05) is 13.2 Å². The Kier molecular flexibility index (Phi) is 8.66. The van der Waals surface area contributed by atoms with Gasteiger partial charge in [-0.05, 0) is 56.5 Å². The number of aliphatic carboxylic acids is 2. The van der Waals surface area contributed by atoms with Gasteiger partial charge in [0.1, 0.15) is 23.0 Å². The zero-order valence-corrected chi connectivity index (χ0v) is 23.5. The van der Waals surface area contributed by atoms with Gasteiger partial charge in [-0.1, -0.05) is 72.8 Å². The summed E-state index contributed by atoms with van der Waals surface area (Å²) in [5, 5.41) is 41.6. The summed E-state index contributed by atoms with van der Waals surface area (Å²) in [6.07, 6.45) is 3.37. The first kappa shape index (κ1) is 29.3. The minimum Gasteiger partial charge on any atom is -0.507 e. The normalized spacial score (nSPS) is 12.3. The molecule has 8 heteroatoms. The Bertz CT molecular complexity index is 1610. The molecule has 4 aromatic rings. The van der Waals surface area contributed by atoms with Crippen molar-refractivity contribution in [3.05, 3.63) is 129 Å². The third-order valence-electron chi connectivity index (χ3n) is 7.47. The predicted octanol–water partition coefficient (Wildman–Crippen LogP) is 5.43. The van der Waals surface area contributed by atoms with Crippen molar-refractivity contribution in [2.24, 2.45) is 0 Å². The summed E-state index contributed by atoms with van der Waals surface area (Å²) in [5.41, 5.74) is 6.15. The fourth-order valence-electron chi connectivity index (χ4n) is 5.61. The summed E-state index contributed by atoms with van der Waals surface area (Å²) in [6, 6.07) is 20.2. The lowest BCUT2D eigenvalue weighted by atomic mass is 9.90. The molecule has 0 heterocycles. The van der Waals surface area contributed by atoms with Crippen molar-refractivity contribution < 1.29 is 39.5 Å². The van der Waals surface area contributed by atoms with Crippen LogP contribution in [0.5, 0.6) is 23.0 Å². The van der Waals surface area contributed by atoms with Crippen LogP contribution < -0.4 is 9.47 Å². The number of carboxylic acids is 2. The van der Waals surface area contributed by atoms with E-state index < -0.39 is 25.2 Å². The maximum Gasteiger partial charge on any atom is 0.341 e. The topological polar surface area (TPSA) is 134 Å². The molecule has 0 aliphatic heterocycles. The fraction of sp³-hybridized carbons (Fsp3) is 0.200. The number of allylic oxidation sites excluding steroid dienone is 1. The fourth-order valence-corrected chi connectivity index (χ4v) is 5.61. The molecule has 0 radical (unpaired) electrons. The first-order chi connectivity index (χ1) is 20.7. The molecule has 0 fully saturated rings. The third-order valence-corrected chi connectivity index (χ3v) is 7.47. The second-order valence-corrected chi connectivity index (χ2v) is 10.6. The van der Waals surface area contributed by atoms with Crippen LogP contribution in [0.25, 0.3) is 0 Å². The quantitative estimate of drug-likeness (QED) is 0.179. The number of para-hydroxylation sites is 3. The van der Waals surface area contributed by atoms with E-state index in [2.05, 4.69) is 6.58 Å². The van der Waals surface area contributed by atoms with Gasteiger partial charge in [0.25, 0.3) is 0 Å². The van der Waals surface area contributed by atoms with Gasteiger partial charge < -0.3 is 29.9 Å². The molecule has 0 atom stereocenters. The Labute approximate surface area is 249 Å². The van der Waals surface area contributed by atoms with E-state index in [-0.39, 0.29) is 37.2 Å². The SMILES string of the molecule is C=CCc1cc2c(OCC(=O)O)c(c1)Cc1cccc(c1O)Cc1cccc(c1OCC(=O)O)Cc1cccc(c1O)C2. The maximum atomic E-state index is 11.5. The van der Waals surface area contributed by atoms with Crippen molar-refractivity contribution >= 4 is 11.9 Å². The number of rotatable bonds is 8. The Morgan fingerprint density at radius 2 is 0.977 bits per heavy atom. The number of hydrogen-bond donors (Lipinski definition) is 4. The Balaban J connectivity index is 1.74. The second-order valence-electron chi connectivity index (χ2n) is 10.6. The molecule has 0 aromatic heterocycles. The highest BCUT2D eigenvalue weighted by Crippen LogP contribution is 2.38. The lowest BCUT2D eigenvalue weighted by Crippen LogP contribution is -2.13. The van der Waals surface area contributed by atoms with Gasteiger partial charge in [0.2, 0.25) is 0 Å². The van der Waals surface area contributed by atoms with Crippen LogP contribution in [0.3, 0.4) is 0 Å². The highest BCUT2D eigenvalue weighted by Gasteiger charge is 2.21. The number of carbonyl (C=O) groups is 2. The van der Waals surface area contributed by atoms with Gasteiger partial charge in [0.05, 0.1) is 0 Å². The summed E-state index contributed by atoms with van der Waals surface area (Å²) in [6.45, 7) is 2.78. The first-order valence-electron chi connectivity index (χ1n) is 13.9. The zero-order chi connectivity index (χ0) is 30.5. The van der Waals surface area contributed by atoms with E-state index in [1.165, 1.54) is 0 Å². The summed E-state index contributed by atoms with van der Waals surface area (Å²) in [4.78, 5) is 23.0. The van der Waals surface area contributed by atoms with Crippen LogP contribution in [-0.2, 0) is 41.7 Å². The van der Waals surface area contributed by atoms with Gasteiger partial charge in [-0.2, -0.15) is 0 Å². The molecular formula is C35H32O8. The third kappa shape index (κ3) is 6.64. The minimum atomic E-state index is -1.12. The molecule has 0 saturated carbocycles. The van der Waals surface area contributed by atoms with E-state index in [1.807, 2.05) is 42.5 Å². The average molecular weight is 581 g/mol. The monoisotopic (exact) mass is 580 g/mol. The van der Waals surface area contributed by atoms with Crippen LogP contribution >= 0.6 is 0 Å². The van der Waals surface area contributed by atoms with Crippen LogP contribution in [0, 0.1) is 0 Å². The highest BCUT2D eigenvalue weighted by molar-refractivity contribution is 5.69. The first-order valence-corrected chi connectivity index (χ1v) is 13.9. The molecule has 0 saturated heterocycles. The Morgan fingerprint density at radius 1 is 0.628 bits per heavy atom. The summed E-state index contributed by atoms with van der Waals surface area (Å²) < 4.78 is 11.7. The van der Waals surface area contributed by atoms with E-state index in [0.29, 0.717) is 62.4 Å². The molecule has 0 spiro atoms. The molecule has 8 nitrogen and oxygen atoms in total. The van der Waals surface area contributed by atoms with Gasteiger partial charge in [-0.15, -0.1) is 6.58 Å². The molecule has 4 N–H and O–H groups in total.